The molecule has 154 valence electrons. The molecule has 0 unspecified atom stereocenters. The van der Waals surface area contributed by atoms with Gasteiger partial charge in [-0.2, -0.15) is 0 Å². The molecule has 1 atom stereocenters. The molecule has 2 aromatic rings. The zero-order valence-corrected chi connectivity index (χ0v) is 17.4. The van der Waals surface area contributed by atoms with Crippen LogP contribution < -0.4 is 0 Å². The second-order valence-corrected chi connectivity index (χ2v) is 8.73. The van der Waals surface area contributed by atoms with Crippen LogP contribution in [0.5, 0.6) is 0 Å². The SMILES string of the molecule is O=C([C@H]1CCCN(Cc2cccnc2)C1)N1CCC(CCc2ccccc2)CC1. The molecule has 1 aromatic carbocycles. The van der Waals surface area contributed by atoms with Crippen molar-refractivity contribution < 1.29 is 4.79 Å². The van der Waals surface area contributed by atoms with E-state index in [2.05, 4.69) is 51.2 Å². The Morgan fingerprint density at radius 1 is 0.966 bits per heavy atom. The van der Waals surface area contributed by atoms with Crippen LogP contribution in [0.2, 0.25) is 0 Å². The molecule has 2 aliphatic rings. The molecule has 29 heavy (non-hydrogen) atoms. The molecule has 0 spiro atoms. The molecular weight excluding hydrogens is 358 g/mol. The zero-order chi connectivity index (χ0) is 19.9. The van der Waals surface area contributed by atoms with Crippen molar-refractivity contribution in [1.82, 2.24) is 14.8 Å². The van der Waals surface area contributed by atoms with Crippen LogP contribution >= 0.6 is 0 Å². The molecule has 1 amide bonds. The molecule has 4 rings (SSSR count). The lowest BCUT2D eigenvalue weighted by atomic mass is 9.89. The number of likely N-dealkylation sites (tertiary alicyclic amines) is 2. The summed E-state index contributed by atoms with van der Waals surface area (Å²) < 4.78 is 0. The summed E-state index contributed by atoms with van der Waals surface area (Å²) in [4.78, 5) is 21.9. The molecule has 0 aliphatic carbocycles. The standard InChI is InChI=1S/C25H33N3O/c29-25(24-9-5-15-27(20-24)19-23-8-4-14-26-18-23)28-16-12-22(13-17-28)11-10-21-6-2-1-3-7-21/h1-4,6-8,14,18,22,24H,5,9-13,15-17,19-20H2/t24-/m0/s1. The van der Waals surface area contributed by atoms with Crippen LogP contribution in [0, 0.1) is 11.8 Å². The first-order valence-corrected chi connectivity index (χ1v) is 11.2. The number of aryl methyl sites for hydroxylation is 1. The van der Waals surface area contributed by atoms with Crippen LogP contribution in [-0.4, -0.2) is 46.9 Å². The molecule has 0 saturated carbocycles. The fraction of sp³-hybridized carbons (Fsp3) is 0.520. The van der Waals surface area contributed by atoms with Crippen molar-refractivity contribution in [2.24, 2.45) is 11.8 Å². The minimum atomic E-state index is 0.168. The Bertz CT molecular complexity index is 756. The van der Waals surface area contributed by atoms with Crippen LogP contribution in [0.4, 0.5) is 0 Å². The smallest absolute Gasteiger partial charge is 0.226 e. The third-order valence-electron chi connectivity index (χ3n) is 6.59. The topological polar surface area (TPSA) is 36.4 Å². The summed E-state index contributed by atoms with van der Waals surface area (Å²) >= 11 is 0. The van der Waals surface area contributed by atoms with E-state index in [4.69, 9.17) is 0 Å². The Balaban J connectivity index is 1.22. The number of benzene rings is 1. The molecule has 0 bridgehead atoms. The summed E-state index contributed by atoms with van der Waals surface area (Å²) in [5, 5.41) is 0. The van der Waals surface area contributed by atoms with Gasteiger partial charge in [0.05, 0.1) is 5.92 Å². The van der Waals surface area contributed by atoms with Gasteiger partial charge in [0, 0.05) is 38.6 Å². The van der Waals surface area contributed by atoms with E-state index in [1.807, 2.05) is 18.5 Å². The number of hydrogen-bond donors (Lipinski definition) is 0. The van der Waals surface area contributed by atoms with E-state index in [1.165, 1.54) is 17.5 Å². The first kappa shape index (κ1) is 20.1. The van der Waals surface area contributed by atoms with E-state index in [9.17, 15) is 4.79 Å². The van der Waals surface area contributed by atoms with Gasteiger partial charge < -0.3 is 4.90 Å². The Morgan fingerprint density at radius 2 is 1.76 bits per heavy atom. The van der Waals surface area contributed by atoms with Gasteiger partial charge in [0.25, 0.3) is 0 Å². The Morgan fingerprint density at radius 3 is 2.52 bits per heavy atom. The predicted octanol–water partition coefficient (Wildman–Crippen LogP) is 4.17. The molecule has 3 heterocycles. The zero-order valence-electron chi connectivity index (χ0n) is 17.4. The van der Waals surface area contributed by atoms with Gasteiger partial charge in [0.1, 0.15) is 0 Å². The highest BCUT2D eigenvalue weighted by Crippen LogP contribution is 2.26. The molecule has 4 nitrogen and oxygen atoms in total. The number of nitrogens with zero attached hydrogens (tertiary/aromatic N) is 3. The van der Waals surface area contributed by atoms with Crippen molar-refractivity contribution in [3.63, 3.8) is 0 Å². The van der Waals surface area contributed by atoms with Crippen molar-refractivity contribution in [1.29, 1.82) is 0 Å². The lowest BCUT2D eigenvalue weighted by Crippen LogP contribution is -2.47. The van der Waals surface area contributed by atoms with E-state index in [0.717, 1.165) is 70.7 Å². The van der Waals surface area contributed by atoms with Gasteiger partial charge in [-0.05, 0) is 68.2 Å². The number of hydrogen-bond acceptors (Lipinski definition) is 3. The first-order chi connectivity index (χ1) is 14.3. The van der Waals surface area contributed by atoms with E-state index >= 15 is 0 Å². The Labute approximate surface area is 174 Å². The molecule has 0 N–H and O–H groups in total. The van der Waals surface area contributed by atoms with Gasteiger partial charge in [-0.15, -0.1) is 0 Å². The summed E-state index contributed by atoms with van der Waals surface area (Å²) in [6.07, 6.45) is 10.6. The minimum Gasteiger partial charge on any atom is -0.342 e. The third-order valence-corrected chi connectivity index (χ3v) is 6.59. The number of carbonyl (C=O) groups excluding carboxylic acids is 1. The van der Waals surface area contributed by atoms with Gasteiger partial charge in [-0.3, -0.25) is 14.7 Å². The molecule has 0 radical (unpaired) electrons. The molecule has 2 saturated heterocycles. The van der Waals surface area contributed by atoms with Crippen molar-refractivity contribution in [3.8, 4) is 0 Å². The Kier molecular flexibility index (Phi) is 6.94. The maximum absolute atomic E-state index is 13.1. The normalized spacial score (nSPS) is 21.2. The molecular formula is C25H33N3O. The van der Waals surface area contributed by atoms with Gasteiger partial charge >= 0.3 is 0 Å². The number of rotatable bonds is 6. The van der Waals surface area contributed by atoms with Crippen LogP contribution in [0.15, 0.2) is 54.9 Å². The van der Waals surface area contributed by atoms with E-state index in [-0.39, 0.29) is 5.92 Å². The summed E-state index contributed by atoms with van der Waals surface area (Å²) in [6, 6.07) is 14.9. The van der Waals surface area contributed by atoms with E-state index in [1.54, 1.807) is 0 Å². The minimum absolute atomic E-state index is 0.168. The van der Waals surface area contributed by atoms with Gasteiger partial charge in [-0.1, -0.05) is 36.4 Å². The number of aromatic nitrogens is 1. The second-order valence-electron chi connectivity index (χ2n) is 8.73. The highest BCUT2D eigenvalue weighted by atomic mass is 16.2. The quantitative estimate of drug-likeness (QED) is 0.742. The lowest BCUT2D eigenvalue weighted by Gasteiger charge is -2.38. The number of piperidine rings is 2. The molecule has 2 fully saturated rings. The third kappa shape index (κ3) is 5.66. The lowest BCUT2D eigenvalue weighted by molar-refractivity contribution is -0.138. The maximum atomic E-state index is 13.1. The van der Waals surface area contributed by atoms with Gasteiger partial charge in [0.15, 0.2) is 0 Å². The summed E-state index contributed by atoms with van der Waals surface area (Å²) in [7, 11) is 0. The summed E-state index contributed by atoms with van der Waals surface area (Å²) in [6.45, 7) is 4.76. The van der Waals surface area contributed by atoms with Crippen molar-refractivity contribution in [3.05, 3.63) is 66.0 Å². The number of pyridine rings is 1. The average Bonchev–Trinajstić information content (AvgIpc) is 2.79. The fourth-order valence-electron chi connectivity index (χ4n) is 4.87. The predicted molar refractivity (Wildman–Crippen MR) is 116 cm³/mol. The first-order valence-electron chi connectivity index (χ1n) is 11.2. The van der Waals surface area contributed by atoms with Crippen LogP contribution in [0.25, 0.3) is 0 Å². The van der Waals surface area contributed by atoms with Crippen LogP contribution in [-0.2, 0) is 17.8 Å². The molecule has 4 heteroatoms. The van der Waals surface area contributed by atoms with Crippen LogP contribution in [0.3, 0.4) is 0 Å². The van der Waals surface area contributed by atoms with E-state index < -0.39 is 0 Å². The van der Waals surface area contributed by atoms with Gasteiger partial charge in [0.2, 0.25) is 5.91 Å². The molecule has 2 aliphatic heterocycles. The fourth-order valence-corrected chi connectivity index (χ4v) is 4.87. The van der Waals surface area contributed by atoms with E-state index in [0.29, 0.717) is 5.91 Å². The summed E-state index contributed by atoms with van der Waals surface area (Å²) in [5.41, 5.74) is 2.67. The van der Waals surface area contributed by atoms with Crippen LogP contribution in [0.1, 0.15) is 43.2 Å². The number of carbonyl (C=O) groups is 1. The highest BCUT2D eigenvalue weighted by molar-refractivity contribution is 5.79. The second kappa shape index (κ2) is 10.0. The van der Waals surface area contributed by atoms with Crippen molar-refractivity contribution in [2.75, 3.05) is 26.2 Å². The largest absolute Gasteiger partial charge is 0.342 e. The Hall–Kier alpha value is -2.20. The monoisotopic (exact) mass is 391 g/mol. The van der Waals surface area contributed by atoms with Gasteiger partial charge in [-0.25, -0.2) is 0 Å². The van der Waals surface area contributed by atoms with Crippen molar-refractivity contribution >= 4 is 5.91 Å². The maximum Gasteiger partial charge on any atom is 0.226 e. The average molecular weight is 392 g/mol. The summed E-state index contributed by atoms with van der Waals surface area (Å²) in [5.74, 6) is 1.32. The number of amides is 1. The van der Waals surface area contributed by atoms with Crippen molar-refractivity contribution in [2.45, 2.75) is 45.1 Å². The highest BCUT2D eigenvalue weighted by Gasteiger charge is 2.31. The molecule has 1 aromatic heterocycles.